The van der Waals surface area contributed by atoms with Gasteiger partial charge in [0.2, 0.25) is 0 Å². The quantitative estimate of drug-likeness (QED) is 0.882. The number of rotatable bonds is 4. The van der Waals surface area contributed by atoms with Crippen molar-refractivity contribution in [1.29, 1.82) is 0 Å². The first kappa shape index (κ1) is 17.3. The molecule has 1 N–H and O–H groups in total. The summed E-state index contributed by atoms with van der Waals surface area (Å²) in [5, 5.41) is 8.73. The molecule has 2 amide bonds. The minimum Gasteiger partial charge on any atom is -0.481 e. The van der Waals surface area contributed by atoms with Gasteiger partial charge in [0, 0.05) is 32.2 Å². The Morgan fingerprint density at radius 3 is 2.52 bits per heavy atom. The van der Waals surface area contributed by atoms with E-state index in [-0.39, 0.29) is 37.0 Å². The zero-order chi connectivity index (χ0) is 17.0. The van der Waals surface area contributed by atoms with E-state index in [2.05, 4.69) is 0 Å². The van der Waals surface area contributed by atoms with Crippen LogP contribution in [0.1, 0.15) is 12.0 Å². The molecule has 1 heterocycles. The maximum absolute atomic E-state index is 12.4. The van der Waals surface area contributed by atoms with Crippen LogP contribution in [0.2, 0.25) is 0 Å². The fraction of sp³-hybridized carbons (Fsp3) is 0.467. The summed E-state index contributed by atoms with van der Waals surface area (Å²) < 4.78 is 22.9. The van der Waals surface area contributed by atoms with Gasteiger partial charge >= 0.3 is 12.0 Å². The van der Waals surface area contributed by atoms with Gasteiger partial charge in [0.15, 0.2) is 9.84 Å². The molecule has 0 aromatic heterocycles. The highest BCUT2D eigenvalue weighted by Crippen LogP contribution is 2.18. The van der Waals surface area contributed by atoms with Crippen LogP contribution in [0.25, 0.3) is 0 Å². The second kappa shape index (κ2) is 6.99. The Balaban J connectivity index is 2.04. The summed E-state index contributed by atoms with van der Waals surface area (Å²) in [7, 11) is -1.40. The Bertz CT molecular complexity index is 688. The summed E-state index contributed by atoms with van der Waals surface area (Å²) >= 11 is 0. The molecule has 1 aromatic rings. The van der Waals surface area contributed by atoms with Gasteiger partial charge in [-0.15, -0.1) is 0 Å². The largest absolute Gasteiger partial charge is 0.481 e. The molecule has 8 heteroatoms. The third-order valence-electron chi connectivity index (χ3n) is 3.83. The first-order valence-electron chi connectivity index (χ1n) is 7.32. The number of urea groups is 1. The second-order valence-corrected chi connectivity index (χ2v) is 7.85. The molecule has 0 atom stereocenters. The van der Waals surface area contributed by atoms with Crippen molar-refractivity contribution >= 4 is 27.5 Å². The van der Waals surface area contributed by atoms with Crippen molar-refractivity contribution in [1.82, 2.24) is 4.90 Å². The number of hydrogen-bond acceptors (Lipinski definition) is 4. The van der Waals surface area contributed by atoms with Gasteiger partial charge in [-0.3, -0.25) is 9.69 Å². The van der Waals surface area contributed by atoms with Gasteiger partial charge < -0.3 is 10.0 Å². The third-order valence-corrected chi connectivity index (χ3v) is 5.44. The number of nitrogens with zero attached hydrogens (tertiary/aromatic N) is 2. The SMILES string of the molecule is CN(C(=O)N1CCS(=O)(=O)CC1)c1cccc(CCC(=O)O)c1. The van der Waals surface area contributed by atoms with Crippen molar-refractivity contribution in [2.45, 2.75) is 12.8 Å². The summed E-state index contributed by atoms with van der Waals surface area (Å²) in [5.41, 5.74) is 1.50. The lowest BCUT2D eigenvalue weighted by molar-refractivity contribution is -0.136. The normalized spacial score (nSPS) is 16.8. The molecule has 1 fully saturated rings. The second-order valence-electron chi connectivity index (χ2n) is 5.54. The van der Waals surface area contributed by atoms with Crippen LogP contribution in [0, 0.1) is 0 Å². The van der Waals surface area contributed by atoms with Crippen LogP contribution in [-0.4, -0.2) is 62.1 Å². The summed E-state index contributed by atoms with van der Waals surface area (Å²) in [4.78, 5) is 26.1. The number of anilines is 1. The van der Waals surface area contributed by atoms with Crippen molar-refractivity contribution < 1.29 is 23.1 Å². The van der Waals surface area contributed by atoms with E-state index >= 15 is 0 Å². The molecular weight excluding hydrogens is 320 g/mol. The van der Waals surface area contributed by atoms with E-state index in [0.29, 0.717) is 12.1 Å². The Morgan fingerprint density at radius 1 is 1.26 bits per heavy atom. The minimum absolute atomic E-state index is 0.00870. The van der Waals surface area contributed by atoms with E-state index < -0.39 is 15.8 Å². The Hall–Kier alpha value is -2.09. The molecule has 0 bridgehead atoms. The van der Waals surface area contributed by atoms with Crippen molar-refractivity contribution in [2.75, 3.05) is 36.5 Å². The average Bonchev–Trinajstić information content (AvgIpc) is 2.52. The molecule has 0 radical (unpaired) electrons. The van der Waals surface area contributed by atoms with E-state index in [4.69, 9.17) is 5.11 Å². The Morgan fingerprint density at radius 2 is 1.91 bits per heavy atom. The number of carbonyl (C=O) groups is 2. The monoisotopic (exact) mass is 340 g/mol. The van der Waals surface area contributed by atoms with E-state index in [9.17, 15) is 18.0 Å². The van der Waals surface area contributed by atoms with Crippen LogP contribution in [0.5, 0.6) is 0 Å². The zero-order valence-corrected chi connectivity index (χ0v) is 13.8. The van der Waals surface area contributed by atoms with Crippen molar-refractivity contribution in [3.63, 3.8) is 0 Å². The van der Waals surface area contributed by atoms with Crippen LogP contribution in [0.4, 0.5) is 10.5 Å². The number of carbonyl (C=O) groups excluding carboxylic acids is 1. The van der Waals surface area contributed by atoms with Crippen LogP contribution >= 0.6 is 0 Å². The molecule has 1 aromatic carbocycles. The zero-order valence-electron chi connectivity index (χ0n) is 12.9. The Kier molecular flexibility index (Phi) is 5.25. The molecule has 2 rings (SSSR count). The highest BCUT2D eigenvalue weighted by atomic mass is 32.2. The number of aryl methyl sites for hydroxylation is 1. The fourth-order valence-electron chi connectivity index (χ4n) is 2.40. The van der Waals surface area contributed by atoms with Gasteiger partial charge in [0.1, 0.15) is 0 Å². The molecular formula is C15H20N2O5S. The van der Waals surface area contributed by atoms with Gasteiger partial charge in [-0.1, -0.05) is 12.1 Å². The molecule has 0 unspecified atom stereocenters. The molecule has 7 nitrogen and oxygen atoms in total. The van der Waals surface area contributed by atoms with Crippen LogP contribution in [0.15, 0.2) is 24.3 Å². The smallest absolute Gasteiger partial charge is 0.324 e. The van der Waals surface area contributed by atoms with Gasteiger partial charge in [-0.25, -0.2) is 13.2 Å². The van der Waals surface area contributed by atoms with Crippen molar-refractivity contribution in [3.05, 3.63) is 29.8 Å². The predicted octanol–water partition coefficient (Wildman–Crippen LogP) is 0.990. The third kappa shape index (κ3) is 4.69. The summed E-state index contributed by atoms with van der Waals surface area (Å²) in [5.74, 6) is -0.884. The highest BCUT2D eigenvalue weighted by molar-refractivity contribution is 7.91. The maximum atomic E-state index is 12.4. The lowest BCUT2D eigenvalue weighted by atomic mass is 10.1. The van der Waals surface area contributed by atoms with Gasteiger partial charge in [0.05, 0.1) is 11.5 Å². The summed E-state index contributed by atoms with van der Waals surface area (Å²) in [6, 6.07) is 6.88. The average molecular weight is 340 g/mol. The fourth-order valence-corrected chi connectivity index (χ4v) is 3.60. The number of aliphatic carboxylic acids is 1. The molecule has 0 spiro atoms. The highest BCUT2D eigenvalue weighted by Gasteiger charge is 2.27. The van der Waals surface area contributed by atoms with Crippen molar-refractivity contribution in [3.8, 4) is 0 Å². The molecule has 1 aliphatic rings. The maximum Gasteiger partial charge on any atom is 0.324 e. The van der Waals surface area contributed by atoms with Crippen LogP contribution in [0.3, 0.4) is 0 Å². The first-order valence-corrected chi connectivity index (χ1v) is 9.14. The number of sulfone groups is 1. The summed E-state index contributed by atoms with van der Waals surface area (Å²) in [6.45, 7) is 0.397. The topological polar surface area (TPSA) is 95.0 Å². The number of carboxylic acids is 1. The molecule has 0 saturated carbocycles. The van der Waals surface area contributed by atoms with E-state index in [1.807, 2.05) is 6.07 Å². The number of amides is 2. The first-order chi connectivity index (χ1) is 10.8. The minimum atomic E-state index is -3.03. The predicted molar refractivity (Wildman–Crippen MR) is 86.4 cm³/mol. The molecule has 126 valence electrons. The van der Waals surface area contributed by atoms with E-state index in [0.717, 1.165) is 5.56 Å². The molecule has 1 aliphatic heterocycles. The molecule has 23 heavy (non-hydrogen) atoms. The van der Waals surface area contributed by atoms with Crippen molar-refractivity contribution in [2.24, 2.45) is 0 Å². The molecule has 0 aliphatic carbocycles. The van der Waals surface area contributed by atoms with E-state index in [1.54, 1.807) is 25.2 Å². The molecule has 1 saturated heterocycles. The van der Waals surface area contributed by atoms with Gasteiger partial charge in [-0.05, 0) is 24.1 Å². The van der Waals surface area contributed by atoms with Gasteiger partial charge in [0.25, 0.3) is 0 Å². The number of carboxylic acid groups (broad SMARTS) is 1. The van der Waals surface area contributed by atoms with E-state index in [1.165, 1.54) is 9.80 Å². The standard InChI is InChI=1S/C15H20N2O5S/c1-16(15(20)17-7-9-23(21,22)10-8-17)13-4-2-3-12(11-13)5-6-14(18)19/h2-4,11H,5-10H2,1H3,(H,18,19). The number of benzene rings is 1. The van der Waals surface area contributed by atoms with Crippen LogP contribution in [-0.2, 0) is 21.1 Å². The number of hydrogen-bond donors (Lipinski definition) is 1. The Labute approximate surface area is 135 Å². The van der Waals surface area contributed by atoms with Gasteiger partial charge in [-0.2, -0.15) is 0 Å². The lowest BCUT2D eigenvalue weighted by Crippen LogP contribution is -2.48. The van der Waals surface area contributed by atoms with Crippen LogP contribution < -0.4 is 4.90 Å². The summed E-state index contributed by atoms with van der Waals surface area (Å²) in [6.07, 6.45) is 0.429. The lowest BCUT2D eigenvalue weighted by Gasteiger charge is -2.31.